The lowest BCUT2D eigenvalue weighted by Crippen LogP contribution is -2.32. The molecule has 0 atom stereocenters. The summed E-state index contributed by atoms with van der Waals surface area (Å²) in [5.41, 5.74) is 5.68. The Morgan fingerprint density at radius 2 is 1.69 bits per heavy atom. The summed E-state index contributed by atoms with van der Waals surface area (Å²) in [6, 6.07) is 16.9. The number of hydrogen-bond acceptors (Lipinski definition) is 3. The van der Waals surface area contributed by atoms with Gasteiger partial charge in [-0.2, -0.15) is 0 Å². The molecule has 1 N–H and O–H groups in total. The standard InChI is InChI=1S/C28H34N2OS/c1-3-4-5-21-8-14-24(15-9-21)27(31)29-18-22-10-16-25(17-11-22)28-30-26(19-32-28)23-12-6-20(2)7-13-23/h6-7,10-13,16-17,19,21,24H,3-5,8-9,14-15,18H2,1-2H3,(H,29,31). The molecule has 0 aliphatic heterocycles. The first-order valence-electron chi connectivity index (χ1n) is 12.0. The van der Waals surface area contributed by atoms with Crippen molar-refractivity contribution in [2.24, 2.45) is 11.8 Å². The number of nitrogens with zero attached hydrogens (tertiary/aromatic N) is 1. The van der Waals surface area contributed by atoms with Crippen molar-refractivity contribution in [3.05, 3.63) is 65.0 Å². The molecule has 0 saturated heterocycles. The van der Waals surface area contributed by atoms with Crippen LogP contribution in [0.1, 0.15) is 63.0 Å². The van der Waals surface area contributed by atoms with E-state index >= 15 is 0 Å². The maximum absolute atomic E-state index is 12.6. The van der Waals surface area contributed by atoms with Crippen LogP contribution in [0.4, 0.5) is 0 Å². The summed E-state index contributed by atoms with van der Waals surface area (Å²) >= 11 is 1.67. The molecule has 0 spiro atoms. The Hall–Kier alpha value is -2.46. The monoisotopic (exact) mass is 446 g/mol. The first-order chi connectivity index (χ1) is 15.6. The second kappa shape index (κ2) is 10.9. The van der Waals surface area contributed by atoms with E-state index in [1.807, 2.05) is 0 Å². The third-order valence-corrected chi connectivity index (χ3v) is 7.59. The number of carbonyl (C=O) groups excluding carboxylic acids is 1. The van der Waals surface area contributed by atoms with Crippen LogP contribution in [0.3, 0.4) is 0 Å². The molecule has 1 saturated carbocycles. The van der Waals surface area contributed by atoms with E-state index < -0.39 is 0 Å². The minimum atomic E-state index is 0.197. The molecule has 3 nitrogen and oxygen atoms in total. The Morgan fingerprint density at radius 1 is 1.00 bits per heavy atom. The van der Waals surface area contributed by atoms with Crippen LogP contribution in [0, 0.1) is 18.8 Å². The maximum atomic E-state index is 12.6. The van der Waals surface area contributed by atoms with Gasteiger partial charge in [-0.3, -0.25) is 4.79 Å². The summed E-state index contributed by atoms with van der Waals surface area (Å²) < 4.78 is 0. The molecule has 0 radical (unpaired) electrons. The molecule has 1 aromatic heterocycles. The van der Waals surface area contributed by atoms with E-state index in [0.29, 0.717) is 6.54 Å². The number of hydrogen-bond donors (Lipinski definition) is 1. The van der Waals surface area contributed by atoms with E-state index in [4.69, 9.17) is 4.98 Å². The molecule has 3 aromatic rings. The normalized spacial score (nSPS) is 18.4. The number of benzene rings is 2. The summed E-state index contributed by atoms with van der Waals surface area (Å²) in [6.45, 7) is 4.95. The van der Waals surface area contributed by atoms with E-state index in [1.165, 1.54) is 37.7 Å². The number of unbranched alkanes of at least 4 members (excludes halogenated alkanes) is 1. The Bertz CT molecular complexity index is 999. The lowest BCUT2D eigenvalue weighted by Gasteiger charge is -2.27. The number of amides is 1. The quantitative estimate of drug-likeness (QED) is 0.392. The van der Waals surface area contributed by atoms with Gasteiger partial charge in [-0.05, 0) is 44.1 Å². The minimum absolute atomic E-state index is 0.197. The molecule has 1 fully saturated rings. The summed E-state index contributed by atoms with van der Waals surface area (Å²) in [4.78, 5) is 17.4. The fourth-order valence-corrected chi connectivity index (χ4v) is 5.40. The van der Waals surface area contributed by atoms with Gasteiger partial charge in [0.05, 0.1) is 5.69 Å². The van der Waals surface area contributed by atoms with Crippen molar-refractivity contribution in [2.75, 3.05) is 0 Å². The summed E-state index contributed by atoms with van der Waals surface area (Å²) in [5, 5.41) is 6.30. The average molecular weight is 447 g/mol. The molecule has 4 heteroatoms. The summed E-state index contributed by atoms with van der Waals surface area (Å²) in [5.74, 6) is 1.26. The predicted octanol–water partition coefficient (Wildman–Crippen LogP) is 7.40. The van der Waals surface area contributed by atoms with Gasteiger partial charge < -0.3 is 5.32 Å². The van der Waals surface area contributed by atoms with Crippen LogP contribution in [0.5, 0.6) is 0 Å². The highest BCUT2D eigenvalue weighted by molar-refractivity contribution is 7.13. The molecular weight excluding hydrogens is 412 g/mol. The molecule has 1 amide bonds. The number of carbonyl (C=O) groups is 1. The maximum Gasteiger partial charge on any atom is 0.223 e. The molecule has 1 aliphatic rings. The predicted molar refractivity (Wildman–Crippen MR) is 135 cm³/mol. The Kier molecular flexibility index (Phi) is 7.75. The van der Waals surface area contributed by atoms with Crippen LogP contribution in [0.2, 0.25) is 0 Å². The molecular formula is C28H34N2OS. The third-order valence-electron chi connectivity index (χ3n) is 6.70. The summed E-state index contributed by atoms with van der Waals surface area (Å²) in [7, 11) is 0. The Morgan fingerprint density at radius 3 is 2.38 bits per heavy atom. The van der Waals surface area contributed by atoms with Crippen LogP contribution in [-0.4, -0.2) is 10.9 Å². The second-order valence-corrected chi connectivity index (χ2v) is 10.0. The number of aryl methyl sites for hydroxylation is 1. The van der Waals surface area contributed by atoms with Gasteiger partial charge in [0, 0.05) is 29.0 Å². The van der Waals surface area contributed by atoms with E-state index in [9.17, 15) is 4.79 Å². The van der Waals surface area contributed by atoms with Gasteiger partial charge in [0.1, 0.15) is 5.01 Å². The van der Waals surface area contributed by atoms with Crippen molar-refractivity contribution in [2.45, 2.75) is 65.3 Å². The Labute approximate surface area is 196 Å². The topological polar surface area (TPSA) is 42.0 Å². The molecule has 1 aliphatic carbocycles. The SMILES string of the molecule is CCCCC1CCC(C(=O)NCc2ccc(-c3nc(-c4ccc(C)cc4)cs3)cc2)CC1. The van der Waals surface area contributed by atoms with E-state index in [1.54, 1.807) is 11.3 Å². The molecule has 2 aromatic carbocycles. The van der Waals surface area contributed by atoms with Crippen molar-refractivity contribution >= 4 is 17.2 Å². The van der Waals surface area contributed by atoms with Gasteiger partial charge in [0.25, 0.3) is 0 Å². The fraction of sp³-hybridized carbons (Fsp3) is 0.429. The second-order valence-electron chi connectivity index (χ2n) is 9.18. The van der Waals surface area contributed by atoms with Gasteiger partial charge in [-0.15, -0.1) is 11.3 Å². The van der Waals surface area contributed by atoms with Gasteiger partial charge in [0.2, 0.25) is 5.91 Å². The van der Waals surface area contributed by atoms with Crippen LogP contribution in [0.25, 0.3) is 21.8 Å². The van der Waals surface area contributed by atoms with E-state index in [2.05, 4.69) is 73.1 Å². The first-order valence-corrected chi connectivity index (χ1v) is 12.9. The van der Waals surface area contributed by atoms with Gasteiger partial charge in [-0.25, -0.2) is 4.98 Å². The minimum Gasteiger partial charge on any atom is -0.352 e. The van der Waals surface area contributed by atoms with Crippen molar-refractivity contribution < 1.29 is 4.79 Å². The van der Waals surface area contributed by atoms with E-state index in [-0.39, 0.29) is 11.8 Å². The van der Waals surface area contributed by atoms with Gasteiger partial charge >= 0.3 is 0 Å². The average Bonchev–Trinajstić information content (AvgIpc) is 3.32. The molecule has 4 rings (SSSR count). The van der Waals surface area contributed by atoms with Gasteiger partial charge in [0.15, 0.2) is 0 Å². The van der Waals surface area contributed by atoms with Crippen LogP contribution < -0.4 is 5.32 Å². The number of aromatic nitrogens is 1. The molecule has 168 valence electrons. The van der Waals surface area contributed by atoms with Gasteiger partial charge in [-0.1, -0.05) is 80.3 Å². The highest BCUT2D eigenvalue weighted by Crippen LogP contribution is 2.32. The number of thiazole rings is 1. The number of rotatable bonds is 8. The van der Waals surface area contributed by atoms with Crippen LogP contribution >= 0.6 is 11.3 Å². The van der Waals surface area contributed by atoms with E-state index in [0.717, 1.165) is 46.2 Å². The highest BCUT2D eigenvalue weighted by Gasteiger charge is 2.25. The van der Waals surface area contributed by atoms with Crippen molar-refractivity contribution in [1.29, 1.82) is 0 Å². The molecule has 0 bridgehead atoms. The van der Waals surface area contributed by atoms with Crippen molar-refractivity contribution in [1.82, 2.24) is 10.3 Å². The fourth-order valence-electron chi connectivity index (χ4n) is 4.57. The van der Waals surface area contributed by atoms with Crippen LogP contribution in [-0.2, 0) is 11.3 Å². The zero-order chi connectivity index (χ0) is 22.3. The highest BCUT2D eigenvalue weighted by atomic mass is 32.1. The third kappa shape index (κ3) is 5.86. The Balaban J connectivity index is 1.28. The van der Waals surface area contributed by atoms with Crippen molar-refractivity contribution in [3.8, 4) is 21.8 Å². The lowest BCUT2D eigenvalue weighted by molar-refractivity contribution is -0.126. The molecule has 1 heterocycles. The number of nitrogens with one attached hydrogen (secondary N) is 1. The summed E-state index contributed by atoms with van der Waals surface area (Å²) in [6.07, 6.45) is 8.46. The molecule has 32 heavy (non-hydrogen) atoms. The van der Waals surface area contributed by atoms with Crippen LogP contribution in [0.15, 0.2) is 53.9 Å². The lowest BCUT2D eigenvalue weighted by atomic mass is 9.79. The smallest absolute Gasteiger partial charge is 0.223 e. The van der Waals surface area contributed by atoms with Crippen molar-refractivity contribution in [3.63, 3.8) is 0 Å². The largest absolute Gasteiger partial charge is 0.352 e. The zero-order valence-electron chi connectivity index (χ0n) is 19.3. The molecule has 0 unspecified atom stereocenters. The zero-order valence-corrected chi connectivity index (χ0v) is 20.1. The first kappa shape index (κ1) is 22.7.